The number of carbonyl (C=O) groups excluding carboxylic acids is 1. The molecule has 0 spiro atoms. The first kappa shape index (κ1) is 13.3. The average Bonchev–Trinajstić information content (AvgIpc) is 2.96. The van der Waals surface area contributed by atoms with Gasteiger partial charge in [-0.3, -0.25) is 5.10 Å². The van der Waals surface area contributed by atoms with E-state index in [2.05, 4.69) is 15.5 Å². The molecule has 0 radical (unpaired) electrons. The number of urea groups is 1. The van der Waals surface area contributed by atoms with E-state index in [1.165, 1.54) is 0 Å². The van der Waals surface area contributed by atoms with Gasteiger partial charge in [-0.05, 0) is 6.92 Å². The van der Waals surface area contributed by atoms with Gasteiger partial charge >= 0.3 is 12.0 Å². The number of hydrogen-bond donors (Lipinski definition) is 4. The molecule has 1 aliphatic heterocycles. The van der Waals surface area contributed by atoms with Crippen LogP contribution in [-0.2, 0) is 4.79 Å². The molecule has 19 heavy (non-hydrogen) atoms. The first-order chi connectivity index (χ1) is 8.99. The van der Waals surface area contributed by atoms with Crippen LogP contribution in [0.3, 0.4) is 0 Å². The predicted octanol–water partition coefficient (Wildman–Crippen LogP) is -0.300. The van der Waals surface area contributed by atoms with E-state index in [-0.39, 0.29) is 19.0 Å². The van der Waals surface area contributed by atoms with Crippen molar-refractivity contribution < 1.29 is 19.8 Å². The molecule has 3 atom stereocenters. The van der Waals surface area contributed by atoms with Gasteiger partial charge in [0.2, 0.25) is 0 Å². The molecule has 0 aromatic carbocycles. The van der Waals surface area contributed by atoms with Crippen LogP contribution in [0.1, 0.15) is 24.9 Å². The minimum absolute atomic E-state index is 0.0287. The van der Waals surface area contributed by atoms with E-state index >= 15 is 0 Å². The van der Waals surface area contributed by atoms with Gasteiger partial charge in [0.1, 0.15) is 6.04 Å². The lowest BCUT2D eigenvalue weighted by Gasteiger charge is -2.23. The van der Waals surface area contributed by atoms with Crippen LogP contribution in [0.5, 0.6) is 0 Å². The number of likely N-dealkylation sites (tertiary alicyclic amines) is 1. The Bertz CT molecular complexity index is 461. The lowest BCUT2D eigenvalue weighted by molar-refractivity contribution is -0.141. The summed E-state index contributed by atoms with van der Waals surface area (Å²) in [5, 5.41) is 27.6. The molecule has 8 nitrogen and oxygen atoms in total. The van der Waals surface area contributed by atoms with Crippen molar-refractivity contribution in [1.82, 2.24) is 20.4 Å². The number of amides is 2. The summed E-state index contributed by atoms with van der Waals surface area (Å²) >= 11 is 0. The molecule has 2 heterocycles. The van der Waals surface area contributed by atoms with Crippen LogP contribution in [0.25, 0.3) is 0 Å². The first-order valence-electron chi connectivity index (χ1n) is 5.95. The van der Waals surface area contributed by atoms with E-state index in [0.717, 1.165) is 10.5 Å². The number of aliphatic carboxylic acids is 1. The maximum absolute atomic E-state index is 12.0. The van der Waals surface area contributed by atoms with Crippen LogP contribution in [0, 0.1) is 0 Å². The van der Waals surface area contributed by atoms with Crippen LogP contribution >= 0.6 is 0 Å². The molecule has 4 N–H and O–H groups in total. The summed E-state index contributed by atoms with van der Waals surface area (Å²) in [6.45, 7) is 1.80. The molecule has 1 fully saturated rings. The second-order valence-corrected chi connectivity index (χ2v) is 4.60. The van der Waals surface area contributed by atoms with Gasteiger partial charge in [0.15, 0.2) is 0 Å². The van der Waals surface area contributed by atoms with Crippen molar-refractivity contribution in [1.29, 1.82) is 0 Å². The van der Waals surface area contributed by atoms with E-state index in [1.807, 2.05) is 0 Å². The minimum Gasteiger partial charge on any atom is -0.480 e. The fourth-order valence-corrected chi connectivity index (χ4v) is 2.12. The maximum atomic E-state index is 12.0. The van der Waals surface area contributed by atoms with Crippen LogP contribution in [0.4, 0.5) is 4.79 Å². The molecule has 2 rings (SSSR count). The Hall–Kier alpha value is -2.09. The Morgan fingerprint density at radius 1 is 1.63 bits per heavy atom. The van der Waals surface area contributed by atoms with Crippen molar-refractivity contribution in [3.63, 3.8) is 0 Å². The Morgan fingerprint density at radius 2 is 2.37 bits per heavy atom. The van der Waals surface area contributed by atoms with Gasteiger partial charge in [0.25, 0.3) is 0 Å². The zero-order valence-corrected chi connectivity index (χ0v) is 10.4. The monoisotopic (exact) mass is 268 g/mol. The van der Waals surface area contributed by atoms with Gasteiger partial charge in [-0.1, -0.05) is 0 Å². The van der Waals surface area contributed by atoms with E-state index in [0.29, 0.717) is 0 Å². The molecule has 0 saturated carbocycles. The Kier molecular flexibility index (Phi) is 3.70. The summed E-state index contributed by atoms with van der Waals surface area (Å²) in [5.74, 6) is -1.11. The number of aliphatic hydroxyl groups excluding tert-OH is 1. The zero-order valence-electron chi connectivity index (χ0n) is 10.4. The predicted molar refractivity (Wildman–Crippen MR) is 64.3 cm³/mol. The number of nitrogens with zero attached hydrogens (tertiary/aromatic N) is 2. The number of nitrogens with one attached hydrogen (secondary N) is 2. The summed E-state index contributed by atoms with van der Waals surface area (Å²) < 4.78 is 0. The SMILES string of the molecule is CC(NC(=O)N1CC(O)C[C@H]1C(=O)O)c1cn[nH]c1. The number of H-pyrrole nitrogens is 1. The third kappa shape index (κ3) is 2.84. The van der Waals surface area contributed by atoms with Crippen LogP contribution in [0.15, 0.2) is 12.4 Å². The lowest BCUT2D eigenvalue weighted by Crippen LogP contribution is -2.46. The van der Waals surface area contributed by atoms with Crippen molar-refractivity contribution in [2.45, 2.75) is 31.5 Å². The average molecular weight is 268 g/mol. The Morgan fingerprint density at radius 3 is 2.95 bits per heavy atom. The Labute approximate surface area is 109 Å². The maximum Gasteiger partial charge on any atom is 0.326 e. The molecule has 8 heteroatoms. The summed E-state index contributed by atoms with van der Waals surface area (Å²) in [4.78, 5) is 24.2. The zero-order chi connectivity index (χ0) is 14.0. The summed E-state index contributed by atoms with van der Waals surface area (Å²) in [5.41, 5.74) is 0.792. The molecule has 0 aliphatic carbocycles. The van der Waals surface area contributed by atoms with E-state index in [4.69, 9.17) is 5.11 Å². The van der Waals surface area contributed by atoms with Gasteiger partial charge in [0, 0.05) is 24.7 Å². The number of aliphatic hydroxyl groups is 1. The van der Waals surface area contributed by atoms with E-state index in [9.17, 15) is 14.7 Å². The summed E-state index contributed by atoms with van der Waals surface area (Å²) in [6, 6.07) is -1.78. The molecule has 2 unspecified atom stereocenters. The van der Waals surface area contributed by atoms with Crippen molar-refractivity contribution in [2.24, 2.45) is 0 Å². The van der Waals surface area contributed by atoms with E-state index < -0.39 is 24.1 Å². The molecular formula is C11H16N4O4. The third-order valence-electron chi connectivity index (χ3n) is 3.18. The quantitative estimate of drug-likeness (QED) is 0.600. The van der Waals surface area contributed by atoms with Gasteiger partial charge in [-0.25, -0.2) is 9.59 Å². The van der Waals surface area contributed by atoms with Crippen molar-refractivity contribution in [3.05, 3.63) is 18.0 Å². The highest BCUT2D eigenvalue weighted by Gasteiger charge is 2.39. The van der Waals surface area contributed by atoms with Crippen molar-refractivity contribution in [2.75, 3.05) is 6.54 Å². The highest BCUT2D eigenvalue weighted by molar-refractivity contribution is 5.83. The number of aromatic amines is 1. The number of carboxylic acids is 1. The second kappa shape index (κ2) is 5.27. The summed E-state index contributed by atoms with van der Waals surface area (Å²) in [6.07, 6.45) is 2.50. The molecule has 2 amide bonds. The highest BCUT2D eigenvalue weighted by atomic mass is 16.4. The molecule has 1 aromatic rings. The number of aromatic nitrogens is 2. The summed E-state index contributed by atoms with van der Waals surface area (Å²) in [7, 11) is 0. The largest absolute Gasteiger partial charge is 0.480 e. The normalized spacial score (nSPS) is 24.2. The van der Waals surface area contributed by atoms with Crippen LogP contribution < -0.4 is 5.32 Å². The van der Waals surface area contributed by atoms with E-state index in [1.54, 1.807) is 19.3 Å². The van der Waals surface area contributed by atoms with Crippen molar-refractivity contribution in [3.8, 4) is 0 Å². The number of carboxylic acid groups (broad SMARTS) is 1. The van der Waals surface area contributed by atoms with Crippen molar-refractivity contribution >= 4 is 12.0 Å². The Balaban J connectivity index is 2.01. The third-order valence-corrected chi connectivity index (χ3v) is 3.18. The topological polar surface area (TPSA) is 119 Å². The second-order valence-electron chi connectivity index (χ2n) is 4.60. The minimum atomic E-state index is -1.11. The van der Waals surface area contributed by atoms with Gasteiger partial charge in [-0.15, -0.1) is 0 Å². The molecule has 1 aromatic heterocycles. The molecule has 104 valence electrons. The lowest BCUT2D eigenvalue weighted by atomic mass is 10.2. The number of carbonyl (C=O) groups is 2. The number of β-amino-alcohol motifs (C(OH)–C–C–N with tert-alkyl or cyclic N) is 1. The molecule has 1 saturated heterocycles. The fourth-order valence-electron chi connectivity index (χ4n) is 2.12. The first-order valence-corrected chi connectivity index (χ1v) is 5.95. The fraction of sp³-hybridized carbons (Fsp3) is 0.545. The van der Waals surface area contributed by atoms with Gasteiger partial charge in [0.05, 0.1) is 18.3 Å². The smallest absolute Gasteiger partial charge is 0.326 e. The van der Waals surface area contributed by atoms with Crippen LogP contribution in [0.2, 0.25) is 0 Å². The molecule has 1 aliphatic rings. The number of hydrogen-bond acceptors (Lipinski definition) is 4. The van der Waals surface area contributed by atoms with Gasteiger partial charge < -0.3 is 20.4 Å². The standard InChI is InChI=1S/C11H16N4O4/c1-6(7-3-12-13-4-7)14-11(19)15-5-8(16)2-9(15)10(17)18/h3-4,6,8-9,16H,2,5H2,1H3,(H,12,13)(H,14,19)(H,17,18)/t6?,8?,9-/m0/s1. The molecular weight excluding hydrogens is 252 g/mol. The molecule has 0 bridgehead atoms. The number of rotatable bonds is 3. The van der Waals surface area contributed by atoms with Gasteiger partial charge in [-0.2, -0.15) is 5.10 Å². The highest BCUT2D eigenvalue weighted by Crippen LogP contribution is 2.19. The van der Waals surface area contributed by atoms with Crippen LogP contribution in [-0.4, -0.2) is 56.0 Å².